The predicted octanol–water partition coefficient (Wildman–Crippen LogP) is 4.73. The number of aryl methyl sites for hydroxylation is 1. The molecular weight excluding hydrogens is 481 g/mol. The van der Waals surface area contributed by atoms with Crippen molar-refractivity contribution in [2.45, 2.75) is 18.7 Å². The van der Waals surface area contributed by atoms with Crippen molar-refractivity contribution in [2.75, 3.05) is 10.0 Å². The van der Waals surface area contributed by atoms with Crippen molar-refractivity contribution in [1.29, 1.82) is 0 Å². The summed E-state index contributed by atoms with van der Waals surface area (Å²) < 4.78 is 43.0. The van der Waals surface area contributed by atoms with Crippen LogP contribution in [0.4, 0.5) is 15.8 Å². The monoisotopic (exact) mass is 499 g/mol. The number of amides is 1. The molecule has 0 atom stereocenters. The van der Waals surface area contributed by atoms with E-state index in [2.05, 4.69) is 20.4 Å². The van der Waals surface area contributed by atoms with Crippen LogP contribution in [0.15, 0.2) is 71.6 Å². The predicted molar refractivity (Wildman–Crippen MR) is 127 cm³/mol. The lowest BCUT2D eigenvalue weighted by molar-refractivity contribution is 0.102. The average molecular weight is 500 g/mol. The van der Waals surface area contributed by atoms with Gasteiger partial charge in [0, 0.05) is 16.4 Å². The molecule has 4 aromatic rings. The van der Waals surface area contributed by atoms with Crippen LogP contribution in [-0.4, -0.2) is 29.3 Å². The summed E-state index contributed by atoms with van der Waals surface area (Å²) in [6.07, 6.45) is 0. The molecule has 0 fully saturated rings. The number of nitrogens with zero attached hydrogens (tertiary/aromatic N) is 3. The maximum Gasteiger partial charge on any atom is 0.278 e. The lowest BCUT2D eigenvalue weighted by atomic mass is 10.2. The molecule has 1 aromatic heterocycles. The summed E-state index contributed by atoms with van der Waals surface area (Å²) >= 11 is 5.85. The first-order valence-electron chi connectivity index (χ1n) is 10.0. The van der Waals surface area contributed by atoms with Crippen LogP contribution in [0.25, 0.3) is 5.69 Å². The molecule has 11 heteroatoms. The van der Waals surface area contributed by atoms with Crippen molar-refractivity contribution in [3.05, 3.63) is 94.5 Å². The number of anilines is 2. The molecule has 0 saturated carbocycles. The van der Waals surface area contributed by atoms with Gasteiger partial charge in [-0.15, -0.1) is 5.10 Å². The quantitative estimate of drug-likeness (QED) is 0.399. The van der Waals surface area contributed by atoms with Crippen LogP contribution in [0.5, 0.6) is 0 Å². The van der Waals surface area contributed by atoms with E-state index in [1.807, 2.05) is 0 Å². The van der Waals surface area contributed by atoms with E-state index < -0.39 is 21.7 Å². The fourth-order valence-electron chi connectivity index (χ4n) is 3.25. The third kappa shape index (κ3) is 4.92. The fraction of sp³-hybridized carbons (Fsp3) is 0.0870. The summed E-state index contributed by atoms with van der Waals surface area (Å²) in [5, 5.41) is 11.0. The minimum absolute atomic E-state index is 0.00642. The number of nitrogens with one attached hydrogen (secondary N) is 2. The zero-order chi connectivity index (χ0) is 24.5. The SMILES string of the molecule is Cc1ccc(NC(=O)c2nnn(-c3ccc(F)cc3)c2C)cc1S(=O)(=O)Nc1ccc(Cl)cc1. The number of sulfonamides is 1. The van der Waals surface area contributed by atoms with E-state index in [-0.39, 0.29) is 16.3 Å². The first-order valence-corrected chi connectivity index (χ1v) is 11.9. The zero-order valence-corrected chi connectivity index (χ0v) is 19.7. The van der Waals surface area contributed by atoms with Crippen molar-refractivity contribution < 1.29 is 17.6 Å². The van der Waals surface area contributed by atoms with E-state index in [1.165, 1.54) is 35.0 Å². The molecule has 4 rings (SSSR count). The van der Waals surface area contributed by atoms with Gasteiger partial charge >= 0.3 is 0 Å². The summed E-state index contributed by atoms with van der Waals surface area (Å²) in [4.78, 5) is 12.8. The summed E-state index contributed by atoms with van der Waals surface area (Å²) in [5.41, 5.74) is 2.15. The molecule has 174 valence electrons. The highest BCUT2D eigenvalue weighted by Crippen LogP contribution is 2.24. The molecule has 0 bridgehead atoms. The van der Waals surface area contributed by atoms with Gasteiger partial charge in [-0.1, -0.05) is 22.9 Å². The first kappa shape index (κ1) is 23.4. The smallest absolute Gasteiger partial charge is 0.278 e. The number of carbonyl (C=O) groups excluding carboxylic acids is 1. The van der Waals surface area contributed by atoms with Crippen LogP contribution < -0.4 is 10.0 Å². The standard InChI is InChI=1S/C23H19ClFN5O3S/c1-14-3-8-19(13-21(14)34(32,33)28-18-9-4-16(24)5-10-18)26-23(31)22-15(2)30(29-27-22)20-11-6-17(25)7-12-20/h3-13,28H,1-2H3,(H,26,31). The third-order valence-electron chi connectivity index (χ3n) is 5.01. The van der Waals surface area contributed by atoms with Gasteiger partial charge in [-0.25, -0.2) is 17.5 Å². The van der Waals surface area contributed by atoms with Crippen LogP contribution in [0.3, 0.4) is 0 Å². The van der Waals surface area contributed by atoms with Gasteiger partial charge in [0.05, 0.1) is 16.3 Å². The van der Waals surface area contributed by atoms with E-state index in [9.17, 15) is 17.6 Å². The maximum atomic E-state index is 13.2. The number of benzene rings is 3. The Bertz CT molecular complexity index is 1470. The van der Waals surface area contributed by atoms with Crippen LogP contribution >= 0.6 is 11.6 Å². The van der Waals surface area contributed by atoms with Crippen molar-refractivity contribution in [3.63, 3.8) is 0 Å². The molecule has 0 spiro atoms. The molecule has 1 amide bonds. The molecule has 2 N–H and O–H groups in total. The summed E-state index contributed by atoms with van der Waals surface area (Å²) in [6, 6.07) is 16.4. The Kier molecular flexibility index (Phi) is 6.36. The van der Waals surface area contributed by atoms with Gasteiger partial charge in [0.25, 0.3) is 15.9 Å². The van der Waals surface area contributed by atoms with Crippen molar-refractivity contribution in [3.8, 4) is 5.69 Å². The minimum Gasteiger partial charge on any atom is -0.320 e. The highest BCUT2D eigenvalue weighted by Gasteiger charge is 2.21. The Labute approximate surface area is 200 Å². The van der Waals surface area contributed by atoms with Gasteiger partial charge in [0.1, 0.15) is 5.82 Å². The number of aromatic nitrogens is 3. The number of halogens is 2. The van der Waals surface area contributed by atoms with Crippen LogP contribution in [-0.2, 0) is 10.0 Å². The van der Waals surface area contributed by atoms with Gasteiger partial charge in [-0.05, 0) is 80.1 Å². The zero-order valence-electron chi connectivity index (χ0n) is 18.1. The molecular formula is C23H19ClFN5O3S. The molecule has 3 aromatic carbocycles. The average Bonchev–Trinajstić information content (AvgIpc) is 3.18. The topological polar surface area (TPSA) is 106 Å². The number of hydrogen-bond acceptors (Lipinski definition) is 5. The third-order valence-corrected chi connectivity index (χ3v) is 6.79. The summed E-state index contributed by atoms with van der Waals surface area (Å²) in [6.45, 7) is 3.31. The van der Waals surface area contributed by atoms with Crippen molar-refractivity contribution in [1.82, 2.24) is 15.0 Å². The lowest BCUT2D eigenvalue weighted by Crippen LogP contribution is -2.17. The Balaban J connectivity index is 1.57. The van der Waals surface area contributed by atoms with E-state index in [1.54, 1.807) is 50.2 Å². The first-order chi connectivity index (χ1) is 16.1. The molecule has 0 radical (unpaired) electrons. The van der Waals surface area contributed by atoms with E-state index in [0.29, 0.717) is 27.7 Å². The fourth-order valence-corrected chi connectivity index (χ4v) is 4.71. The van der Waals surface area contributed by atoms with Gasteiger partial charge in [-0.2, -0.15) is 0 Å². The molecule has 0 aliphatic carbocycles. The Morgan fingerprint density at radius 3 is 2.29 bits per heavy atom. The summed E-state index contributed by atoms with van der Waals surface area (Å²) in [7, 11) is -3.93. The second-order valence-corrected chi connectivity index (χ2v) is 9.55. The number of rotatable bonds is 6. The maximum absolute atomic E-state index is 13.2. The molecule has 0 unspecified atom stereocenters. The Hall–Kier alpha value is -3.76. The second-order valence-electron chi connectivity index (χ2n) is 7.46. The normalized spacial score (nSPS) is 11.3. The van der Waals surface area contributed by atoms with E-state index in [4.69, 9.17) is 11.6 Å². The van der Waals surface area contributed by atoms with Crippen molar-refractivity contribution >= 4 is 38.9 Å². The molecule has 0 saturated heterocycles. The highest BCUT2D eigenvalue weighted by molar-refractivity contribution is 7.92. The second kappa shape index (κ2) is 9.24. The molecule has 34 heavy (non-hydrogen) atoms. The van der Waals surface area contributed by atoms with Gasteiger partial charge < -0.3 is 5.32 Å². The Morgan fingerprint density at radius 2 is 1.62 bits per heavy atom. The van der Waals surface area contributed by atoms with E-state index >= 15 is 0 Å². The van der Waals surface area contributed by atoms with Gasteiger partial charge in [0.15, 0.2) is 5.69 Å². The lowest BCUT2D eigenvalue weighted by Gasteiger charge is -2.12. The van der Waals surface area contributed by atoms with E-state index in [0.717, 1.165) is 0 Å². The molecule has 0 aliphatic rings. The highest BCUT2D eigenvalue weighted by atomic mass is 35.5. The van der Waals surface area contributed by atoms with Crippen LogP contribution in [0.2, 0.25) is 5.02 Å². The largest absolute Gasteiger partial charge is 0.320 e. The molecule has 8 nitrogen and oxygen atoms in total. The van der Waals surface area contributed by atoms with Crippen LogP contribution in [0.1, 0.15) is 21.7 Å². The number of hydrogen-bond donors (Lipinski definition) is 2. The number of carbonyl (C=O) groups is 1. The van der Waals surface area contributed by atoms with Crippen LogP contribution in [0, 0.1) is 19.7 Å². The Morgan fingerprint density at radius 1 is 0.971 bits per heavy atom. The molecule has 1 heterocycles. The minimum atomic E-state index is -3.93. The van der Waals surface area contributed by atoms with Gasteiger partial charge in [0.2, 0.25) is 0 Å². The summed E-state index contributed by atoms with van der Waals surface area (Å²) in [5.74, 6) is -0.959. The van der Waals surface area contributed by atoms with Gasteiger partial charge in [-0.3, -0.25) is 9.52 Å². The van der Waals surface area contributed by atoms with Crippen molar-refractivity contribution in [2.24, 2.45) is 0 Å². The molecule has 0 aliphatic heterocycles.